The van der Waals surface area contributed by atoms with E-state index < -0.39 is 13.0 Å². The molecule has 0 spiro atoms. The van der Waals surface area contributed by atoms with Gasteiger partial charge in [-0.3, -0.25) is 14.5 Å². The van der Waals surface area contributed by atoms with Gasteiger partial charge in [0.2, 0.25) is 11.8 Å². The first kappa shape index (κ1) is 22.2. The highest BCUT2D eigenvalue weighted by Crippen LogP contribution is 2.52. The zero-order valence-corrected chi connectivity index (χ0v) is 18.0. The predicted octanol–water partition coefficient (Wildman–Crippen LogP) is 2.19. The second-order valence-corrected chi connectivity index (χ2v) is 8.30. The highest BCUT2D eigenvalue weighted by molar-refractivity contribution is 6.06. The van der Waals surface area contributed by atoms with E-state index in [1.54, 1.807) is 18.2 Å². The molecule has 9 heteroatoms. The van der Waals surface area contributed by atoms with Crippen LogP contribution in [0.25, 0.3) is 0 Å². The molecule has 2 bridgehead atoms. The number of allylic oxidation sites excluding steroid dienone is 2. The van der Waals surface area contributed by atoms with Crippen molar-refractivity contribution in [2.75, 3.05) is 26.2 Å². The van der Waals surface area contributed by atoms with Crippen molar-refractivity contribution in [3.63, 3.8) is 0 Å². The Morgan fingerprint density at radius 1 is 1.19 bits per heavy atom. The topological polar surface area (TPSA) is 83.0 Å². The van der Waals surface area contributed by atoms with Crippen LogP contribution in [0.15, 0.2) is 41.4 Å². The number of nitrogens with one attached hydrogen (secondary N) is 2. The van der Waals surface area contributed by atoms with Crippen LogP contribution >= 0.6 is 0 Å². The van der Waals surface area contributed by atoms with E-state index in [9.17, 15) is 18.4 Å². The molecule has 7 nitrogen and oxygen atoms in total. The Balaban J connectivity index is 1.30. The number of carbonyl (C=O) groups excluding carboxylic acids is 2. The minimum atomic E-state index is -2.53. The molecule has 1 aromatic carbocycles. The van der Waals surface area contributed by atoms with E-state index in [4.69, 9.17) is 4.74 Å². The van der Waals surface area contributed by atoms with Gasteiger partial charge in [0.1, 0.15) is 12.4 Å². The van der Waals surface area contributed by atoms with Gasteiger partial charge in [-0.15, -0.1) is 0 Å². The van der Waals surface area contributed by atoms with Gasteiger partial charge in [0, 0.05) is 19.6 Å². The normalized spacial score (nSPS) is 26.2. The molecule has 2 fully saturated rings. The highest BCUT2D eigenvalue weighted by Gasteiger charge is 2.58. The molecule has 3 aliphatic rings. The average Bonchev–Trinajstić information content (AvgIpc) is 3.46. The van der Waals surface area contributed by atoms with E-state index in [0.29, 0.717) is 37.9 Å². The largest absolute Gasteiger partial charge is 0.488 e. The second kappa shape index (κ2) is 9.67. The number of rotatable bonds is 9. The summed E-state index contributed by atoms with van der Waals surface area (Å²) in [5.74, 6) is 0.862. The molecule has 4 unspecified atom stereocenters. The van der Waals surface area contributed by atoms with Crippen LogP contribution < -0.4 is 15.4 Å². The third-order valence-corrected chi connectivity index (χ3v) is 6.23. The lowest BCUT2D eigenvalue weighted by Crippen LogP contribution is -2.43. The van der Waals surface area contributed by atoms with Crippen molar-refractivity contribution in [3.05, 3.63) is 42.0 Å². The summed E-state index contributed by atoms with van der Waals surface area (Å²) >= 11 is 0. The first-order valence-corrected chi connectivity index (χ1v) is 11.0. The molecule has 1 saturated carbocycles. The number of alkyl halides is 2. The molecule has 4 rings (SSSR count). The lowest BCUT2D eigenvalue weighted by molar-refractivity contribution is -0.140. The third-order valence-electron chi connectivity index (χ3n) is 6.23. The van der Waals surface area contributed by atoms with Crippen LogP contribution in [0.2, 0.25) is 0 Å². The number of aliphatic imine (C=N–C) groups is 1. The van der Waals surface area contributed by atoms with E-state index in [-0.39, 0.29) is 35.5 Å². The molecule has 2 amide bonds. The van der Waals surface area contributed by atoms with Crippen molar-refractivity contribution in [1.82, 2.24) is 15.5 Å². The maximum Gasteiger partial charge on any atom is 0.272 e. The molecule has 0 radical (unpaired) electrons. The van der Waals surface area contributed by atoms with Gasteiger partial charge in [0.15, 0.2) is 5.96 Å². The summed E-state index contributed by atoms with van der Waals surface area (Å²) in [6.45, 7) is 2.94. The lowest BCUT2D eigenvalue weighted by atomic mass is 9.85. The lowest BCUT2D eigenvalue weighted by Gasteiger charge is -2.18. The van der Waals surface area contributed by atoms with Gasteiger partial charge in [0.05, 0.1) is 18.4 Å². The fraction of sp³-hybridized carbons (Fsp3) is 0.522. The number of halogens is 2. The van der Waals surface area contributed by atoms with Gasteiger partial charge < -0.3 is 15.4 Å². The molecule has 2 aliphatic carbocycles. The molecule has 1 heterocycles. The fourth-order valence-electron chi connectivity index (χ4n) is 4.88. The number of carbonyl (C=O) groups is 2. The number of ether oxygens (including phenoxy) is 1. The number of hydrogen-bond donors (Lipinski definition) is 2. The standard InChI is InChI=1S/C23H28F2N4O3/c1-2-26-23(28-12-14-4-3-5-17(10-14)32-13-18(24)25)27-8-9-29-21(30)19-15-6-7-16(11-15)20(19)22(29)31/h3-7,10,15-16,18-20H,2,8-9,11-13H2,1H3,(H2,26,27,28). The molecular weight excluding hydrogens is 418 g/mol. The van der Waals surface area contributed by atoms with Gasteiger partial charge in [-0.25, -0.2) is 13.8 Å². The average molecular weight is 446 g/mol. The van der Waals surface area contributed by atoms with E-state index in [1.165, 1.54) is 4.90 Å². The molecule has 2 N–H and O–H groups in total. The number of nitrogens with zero attached hydrogens (tertiary/aromatic N) is 2. The molecule has 4 atom stereocenters. The Morgan fingerprint density at radius 3 is 2.56 bits per heavy atom. The summed E-state index contributed by atoms with van der Waals surface area (Å²) in [4.78, 5) is 31.4. The summed E-state index contributed by atoms with van der Waals surface area (Å²) in [5.41, 5.74) is 0.815. The summed E-state index contributed by atoms with van der Waals surface area (Å²) < 4.78 is 29.7. The number of likely N-dealkylation sites (tertiary alicyclic amines) is 1. The van der Waals surface area contributed by atoms with Gasteiger partial charge in [-0.1, -0.05) is 24.3 Å². The van der Waals surface area contributed by atoms with Crippen LogP contribution in [0.1, 0.15) is 18.9 Å². The van der Waals surface area contributed by atoms with Crippen molar-refractivity contribution in [3.8, 4) is 5.75 Å². The maximum absolute atomic E-state index is 12.8. The Hall–Kier alpha value is -2.97. The first-order chi connectivity index (χ1) is 15.5. The Bertz CT molecular complexity index is 890. The first-order valence-electron chi connectivity index (χ1n) is 11.0. The van der Waals surface area contributed by atoms with Gasteiger partial charge in [0.25, 0.3) is 6.43 Å². The summed E-state index contributed by atoms with van der Waals surface area (Å²) in [5, 5.41) is 6.29. The molecule has 1 aliphatic heterocycles. The number of guanidine groups is 1. The van der Waals surface area contributed by atoms with E-state index in [2.05, 4.69) is 27.8 Å². The smallest absolute Gasteiger partial charge is 0.272 e. The van der Waals surface area contributed by atoms with Crippen LogP contribution in [-0.4, -0.2) is 55.3 Å². The van der Waals surface area contributed by atoms with Crippen molar-refractivity contribution >= 4 is 17.8 Å². The highest BCUT2D eigenvalue weighted by atomic mass is 19.3. The predicted molar refractivity (Wildman–Crippen MR) is 115 cm³/mol. The number of benzene rings is 1. The Kier molecular flexibility index (Phi) is 6.72. The van der Waals surface area contributed by atoms with E-state index in [1.807, 2.05) is 13.0 Å². The third kappa shape index (κ3) is 4.61. The number of hydrogen-bond acceptors (Lipinski definition) is 4. The van der Waals surface area contributed by atoms with Gasteiger partial charge >= 0.3 is 0 Å². The monoisotopic (exact) mass is 446 g/mol. The molecule has 32 heavy (non-hydrogen) atoms. The molecule has 172 valence electrons. The van der Waals surface area contributed by atoms with Gasteiger partial charge in [-0.05, 0) is 42.9 Å². The second-order valence-electron chi connectivity index (χ2n) is 8.30. The SMILES string of the molecule is CCNC(=NCc1cccc(OCC(F)F)c1)NCCN1C(=O)C2C3C=CC(C3)C2C1=O. The zero-order chi connectivity index (χ0) is 22.7. The zero-order valence-electron chi connectivity index (χ0n) is 18.0. The minimum absolute atomic E-state index is 0.0544. The summed E-state index contributed by atoms with van der Waals surface area (Å²) in [6, 6.07) is 6.87. The fourth-order valence-corrected chi connectivity index (χ4v) is 4.88. The molecule has 1 saturated heterocycles. The Morgan fingerprint density at radius 2 is 1.91 bits per heavy atom. The molecule has 0 aromatic heterocycles. The van der Waals surface area contributed by atoms with Crippen LogP contribution in [0.4, 0.5) is 8.78 Å². The maximum atomic E-state index is 12.8. The minimum Gasteiger partial charge on any atom is -0.488 e. The van der Waals surface area contributed by atoms with Crippen molar-refractivity contribution in [2.45, 2.75) is 26.3 Å². The quantitative estimate of drug-likeness (QED) is 0.263. The molecular formula is C23H28F2N4O3. The van der Waals surface area contributed by atoms with Crippen LogP contribution in [0.3, 0.4) is 0 Å². The van der Waals surface area contributed by atoms with Crippen molar-refractivity contribution in [2.24, 2.45) is 28.7 Å². The Labute approximate surface area is 185 Å². The number of fused-ring (bicyclic) bond motifs is 5. The van der Waals surface area contributed by atoms with Crippen molar-refractivity contribution in [1.29, 1.82) is 0 Å². The van der Waals surface area contributed by atoms with Gasteiger partial charge in [-0.2, -0.15) is 0 Å². The van der Waals surface area contributed by atoms with E-state index in [0.717, 1.165) is 12.0 Å². The van der Waals surface area contributed by atoms with Crippen LogP contribution in [0, 0.1) is 23.7 Å². The molecule has 1 aromatic rings. The summed E-state index contributed by atoms with van der Waals surface area (Å²) in [6.07, 6.45) is 2.57. The number of imide groups is 1. The van der Waals surface area contributed by atoms with E-state index >= 15 is 0 Å². The summed E-state index contributed by atoms with van der Waals surface area (Å²) in [7, 11) is 0. The van der Waals surface area contributed by atoms with Crippen molar-refractivity contribution < 1.29 is 23.1 Å². The van der Waals surface area contributed by atoms with Crippen LogP contribution in [-0.2, 0) is 16.1 Å². The van der Waals surface area contributed by atoms with Crippen LogP contribution in [0.5, 0.6) is 5.75 Å². The number of amides is 2.